The Hall–Kier alpha value is -0.430. The summed E-state index contributed by atoms with van der Waals surface area (Å²) in [6.45, 7) is 2.42. The van der Waals surface area contributed by atoms with Gasteiger partial charge in [-0.3, -0.25) is 0 Å². The highest BCUT2D eigenvalue weighted by atomic mass is 32.2. The van der Waals surface area contributed by atoms with Gasteiger partial charge in [0.15, 0.2) is 0 Å². The van der Waals surface area contributed by atoms with Crippen LogP contribution < -0.4 is 0 Å². The summed E-state index contributed by atoms with van der Waals surface area (Å²) in [6.07, 6.45) is 6.68. The maximum Gasteiger partial charge on any atom is 0.252 e. The zero-order valence-corrected chi connectivity index (χ0v) is 14.0. The fraction of sp³-hybridized carbons (Fsp3) is 0.733. The summed E-state index contributed by atoms with van der Waals surface area (Å²) in [5, 5.41) is 9.30. The fourth-order valence-electron chi connectivity index (χ4n) is 3.77. The molecule has 21 heavy (non-hydrogen) atoms. The van der Waals surface area contributed by atoms with Crippen molar-refractivity contribution in [1.29, 1.82) is 0 Å². The highest BCUT2D eigenvalue weighted by Crippen LogP contribution is 2.39. The molecule has 0 bridgehead atoms. The molecule has 1 aromatic heterocycles. The van der Waals surface area contributed by atoms with E-state index in [1.165, 1.54) is 30.6 Å². The van der Waals surface area contributed by atoms with Gasteiger partial charge >= 0.3 is 0 Å². The summed E-state index contributed by atoms with van der Waals surface area (Å²) >= 11 is 1.22. The van der Waals surface area contributed by atoms with Crippen LogP contribution in [0.5, 0.6) is 0 Å². The lowest BCUT2D eigenvalue weighted by Crippen LogP contribution is -2.49. The van der Waals surface area contributed by atoms with Crippen LogP contribution >= 0.6 is 11.3 Å². The third kappa shape index (κ3) is 2.79. The molecule has 2 heterocycles. The topological polar surface area (TPSA) is 57.6 Å². The number of piperidine rings is 1. The summed E-state index contributed by atoms with van der Waals surface area (Å²) in [4.78, 5) is 0.755. The maximum atomic E-state index is 13.0. The minimum Gasteiger partial charge on any atom is -0.391 e. The van der Waals surface area contributed by atoms with Gasteiger partial charge in [0.05, 0.1) is 6.61 Å². The summed E-state index contributed by atoms with van der Waals surface area (Å²) in [5.41, 5.74) is 0.873. The highest BCUT2D eigenvalue weighted by Gasteiger charge is 2.40. The molecular formula is C15H23NO3S2. The molecule has 4 nitrogen and oxygen atoms in total. The van der Waals surface area contributed by atoms with Gasteiger partial charge in [-0.2, -0.15) is 4.31 Å². The Kier molecular flexibility index (Phi) is 4.41. The third-order valence-electron chi connectivity index (χ3n) is 4.90. The molecule has 2 fully saturated rings. The zero-order chi connectivity index (χ0) is 15.0. The predicted octanol–water partition coefficient (Wildman–Crippen LogP) is 2.89. The number of fused-ring (bicyclic) bond motifs is 1. The van der Waals surface area contributed by atoms with Crippen molar-refractivity contribution in [3.05, 3.63) is 16.5 Å². The standard InChI is InChI=1S/C15H23NO3S2/c1-11-9-15(20-14(11)10-17)21(18,19)16-8-4-6-12-5-2-3-7-13(12)16/h9,12-13,17H,2-8,10H2,1H3/t12-,13-/m1/s1. The molecule has 0 spiro atoms. The first kappa shape index (κ1) is 15.5. The van der Waals surface area contributed by atoms with E-state index in [1.807, 2.05) is 6.92 Å². The number of sulfonamides is 1. The van der Waals surface area contributed by atoms with Crippen LogP contribution in [-0.2, 0) is 16.6 Å². The Morgan fingerprint density at radius 2 is 2.00 bits per heavy atom. The van der Waals surface area contributed by atoms with Crippen LogP contribution in [0.1, 0.15) is 49.0 Å². The fourth-order valence-corrected chi connectivity index (χ4v) is 7.10. The van der Waals surface area contributed by atoms with Crippen LogP contribution in [-0.4, -0.2) is 30.4 Å². The monoisotopic (exact) mass is 329 g/mol. The molecule has 1 saturated heterocycles. The van der Waals surface area contributed by atoms with Gasteiger partial charge in [0.1, 0.15) is 4.21 Å². The summed E-state index contributed by atoms with van der Waals surface area (Å²) in [7, 11) is -3.40. The molecule has 1 aromatic rings. The van der Waals surface area contributed by atoms with Crippen molar-refractivity contribution >= 4 is 21.4 Å². The number of nitrogens with zero attached hydrogens (tertiary/aromatic N) is 1. The van der Waals surface area contributed by atoms with Crippen molar-refractivity contribution in [3.63, 3.8) is 0 Å². The smallest absolute Gasteiger partial charge is 0.252 e. The number of aliphatic hydroxyl groups is 1. The largest absolute Gasteiger partial charge is 0.391 e. The van der Waals surface area contributed by atoms with Crippen LogP contribution in [0.4, 0.5) is 0 Å². The zero-order valence-electron chi connectivity index (χ0n) is 12.4. The van der Waals surface area contributed by atoms with Gasteiger partial charge in [0, 0.05) is 17.5 Å². The Balaban J connectivity index is 1.92. The summed E-state index contributed by atoms with van der Waals surface area (Å²) in [6, 6.07) is 1.91. The van der Waals surface area contributed by atoms with E-state index >= 15 is 0 Å². The number of hydrogen-bond acceptors (Lipinski definition) is 4. The highest BCUT2D eigenvalue weighted by molar-refractivity contribution is 7.91. The molecule has 3 rings (SSSR count). The van der Waals surface area contributed by atoms with Crippen molar-refractivity contribution in [3.8, 4) is 0 Å². The van der Waals surface area contributed by atoms with Crippen molar-refractivity contribution in [1.82, 2.24) is 4.31 Å². The number of aryl methyl sites for hydroxylation is 1. The second-order valence-electron chi connectivity index (χ2n) is 6.20. The van der Waals surface area contributed by atoms with Crippen LogP contribution in [0.3, 0.4) is 0 Å². The Bertz CT molecular complexity index is 606. The van der Waals surface area contributed by atoms with E-state index in [-0.39, 0.29) is 12.6 Å². The number of thiophene rings is 1. The first-order chi connectivity index (χ1) is 10.0. The Labute approximate surface area is 130 Å². The van der Waals surface area contributed by atoms with Crippen molar-refractivity contribution in [2.75, 3.05) is 6.54 Å². The quantitative estimate of drug-likeness (QED) is 0.927. The first-order valence-corrected chi connectivity index (χ1v) is 10.0. The van der Waals surface area contributed by atoms with Crippen LogP contribution in [0.2, 0.25) is 0 Å². The normalized spacial score (nSPS) is 27.5. The SMILES string of the molecule is Cc1cc(S(=O)(=O)N2CCC[C@H]3CCCC[C@H]32)sc1CO. The molecule has 0 amide bonds. The average molecular weight is 329 g/mol. The van der Waals surface area contributed by atoms with Gasteiger partial charge < -0.3 is 5.11 Å². The average Bonchev–Trinajstić information content (AvgIpc) is 2.88. The molecule has 1 aliphatic heterocycles. The van der Waals surface area contributed by atoms with Gasteiger partial charge in [-0.15, -0.1) is 11.3 Å². The summed E-state index contributed by atoms with van der Waals surface area (Å²) in [5.74, 6) is 0.542. The number of rotatable bonds is 3. The Morgan fingerprint density at radius 3 is 2.71 bits per heavy atom. The molecule has 0 aromatic carbocycles. The van der Waals surface area contributed by atoms with Crippen LogP contribution in [0.25, 0.3) is 0 Å². The van der Waals surface area contributed by atoms with Gasteiger partial charge in [-0.05, 0) is 50.2 Å². The second kappa shape index (κ2) is 5.99. The molecule has 0 radical (unpaired) electrons. The number of aliphatic hydroxyl groups excluding tert-OH is 1. The molecule has 2 aliphatic rings. The lowest BCUT2D eigenvalue weighted by atomic mass is 9.79. The molecule has 118 valence electrons. The van der Waals surface area contributed by atoms with E-state index in [9.17, 15) is 13.5 Å². The van der Waals surface area contributed by atoms with Crippen molar-refractivity contribution in [2.24, 2.45) is 5.92 Å². The molecule has 1 aliphatic carbocycles. The number of hydrogen-bond donors (Lipinski definition) is 1. The minimum atomic E-state index is -3.40. The van der Waals surface area contributed by atoms with E-state index in [4.69, 9.17) is 0 Å². The van der Waals surface area contributed by atoms with Crippen molar-refractivity contribution in [2.45, 2.75) is 62.3 Å². The third-order valence-corrected chi connectivity index (χ3v) is 8.49. The lowest BCUT2D eigenvalue weighted by Gasteiger charge is -2.42. The summed E-state index contributed by atoms with van der Waals surface area (Å²) < 4.78 is 28.1. The maximum absolute atomic E-state index is 13.0. The van der Waals surface area contributed by atoms with E-state index in [1.54, 1.807) is 10.4 Å². The van der Waals surface area contributed by atoms with Crippen LogP contribution in [0, 0.1) is 12.8 Å². The van der Waals surface area contributed by atoms with Gasteiger partial charge in [-0.1, -0.05) is 12.8 Å². The molecule has 6 heteroatoms. The van der Waals surface area contributed by atoms with Gasteiger partial charge in [0.2, 0.25) is 0 Å². The molecule has 1 N–H and O–H groups in total. The molecule has 1 saturated carbocycles. The van der Waals surface area contributed by atoms with E-state index in [0.717, 1.165) is 29.7 Å². The lowest BCUT2D eigenvalue weighted by molar-refractivity contribution is 0.129. The minimum absolute atomic E-state index is 0.0852. The van der Waals surface area contributed by atoms with Gasteiger partial charge in [0.25, 0.3) is 10.0 Å². The van der Waals surface area contributed by atoms with E-state index < -0.39 is 10.0 Å². The van der Waals surface area contributed by atoms with Gasteiger partial charge in [-0.25, -0.2) is 8.42 Å². The molecule has 2 atom stereocenters. The first-order valence-electron chi connectivity index (χ1n) is 7.76. The van der Waals surface area contributed by atoms with E-state index in [2.05, 4.69) is 0 Å². The van der Waals surface area contributed by atoms with Crippen LogP contribution in [0.15, 0.2) is 10.3 Å². The Morgan fingerprint density at radius 1 is 1.29 bits per heavy atom. The predicted molar refractivity (Wildman–Crippen MR) is 83.9 cm³/mol. The molecule has 0 unspecified atom stereocenters. The second-order valence-corrected chi connectivity index (χ2v) is 9.45. The van der Waals surface area contributed by atoms with Crippen molar-refractivity contribution < 1.29 is 13.5 Å². The molecular weight excluding hydrogens is 306 g/mol. The van der Waals surface area contributed by atoms with E-state index in [0.29, 0.717) is 16.7 Å².